The van der Waals surface area contributed by atoms with Crippen molar-refractivity contribution in [3.63, 3.8) is 0 Å². The molecule has 2 fully saturated rings. The van der Waals surface area contributed by atoms with Crippen LogP contribution < -0.4 is 10.9 Å². The van der Waals surface area contributed by atoms with Crippen molar-refractivity contribution in [2.75, 3.05) is 31.5 Å². The van der Waals surface area contributed by atoms with Gasteiger partial charge in [-0.2, -0.15) is 22.7 Å². The number of alkyl halides is 3. The summed E-state index contributed by atoms with van der Waals surface area (Å²) < 4.78 is 58.6. The number of fused-ring (bicyclic) bond motifs is 3. The molecule has 1 aliphatic carbocycles. The summed E-state index contributed by atoms with van der Waals surface area (Å²) >= 11 is 6.18. The molecular weight excluding hydrogens is 810 g/mol. The number of halogens is 5. The quantitative estimate of drug-likeness (QED) is 0.169. The number of aliphatic hydroxyl groups is 1. The number of carbonyl (C=O) groups excluding carboxylic acids is 2. The Morgan fingerprint density at radius 1 is 1.03 bits per heavy atom. The van der Waals surface area contributed by atoms with Crippen molar-refractivity contribution in [1.82, 2.24) is 38.9 Å². The van der Waals surface area contributed by atoms with Gasteiger partial charge >= 0.3 is 6.18 Å². The molecule has 3 aliphatic rings. The fourth-order valence-electron chi connectivity index (χ4n) is 8.92. The molecule has 1 unspecified atom stereocenters. The lowest BCUT2D eigenvalue weighted by Crippen LogP contribution is -2.46. The Labute approximate surface area is 345 Å². The first-order chi connectivity index (χ1) is 28.3. The number of carbonyl (C=O) groups is 2. The van der Waals surface area contributed by atoms with E-state index in [4.69, 9.17) is 11.6 Å². The van der Waals surface area contributed by atoms with Crippen LogP contribution in [0.5, 0.6) is 5.75 Å². The predicted octanol–water partition coefficient (Wildman–Crippen LogP) is 5.84. The molecule has 3 aromatic heterocycles. The van der Waals surface area contributed by atoms with E-state index in [-0.39, 0.29) is 64.0 Å². The smallest absolute Gasteiger partial charge is 0.416 e. The second kappa shape index (κ2) is 15.2. The first kappa shape index (κ1) is 41.3. The van der Waals surface area contributed by atoms with E-state index in [1.807, 2.05) is 6.92 Å². The summed E-state index contributed by atoms with van der Waals surface area (Å²) in [6.45, 7) is 7.01. The minimum atomic E-state index is -4.65. The van der Waals surface area contributed by atoms with E-state index in [2.05, 4.69) is 30.3 Å². The number of likely N-dealkylation sites (tertiary alicyclic amines) is 2. The molecule has 3 N–H and O–H groups in total. The van der Waals surface area contributed by atoms with E-state index in [1.165, 1.54) is 23.0 Å². The van der Waals surface area contributed by atoms with Gasteiger partial charge in [0.25, 0.3) is 11.5 Å². The molecule has 1 spiro atoms. The van der Waals surface area contributed by atoms with Crippen LogP contribution in [0.4, 0.5) is 23.2 Å². The lowest BCUT2D eigenvalue weighted by molar-refractivity contribution is -0.137. The highest BCUT2D eigenvalue weighted by Gasteiger charge is 2.49. The number of amides is 2. The monoisotopic (exact) mass is 851 g/mol. The molecule has 1 atom stereocenters. The van der Waals surface area contributed by atoms with Crippen LogP contribution >= 0.6 is 11.6 Å². The third-order valence-electron chi connectivity index (χ3n) is 12.2. The molecule has 5 aromatic rings. The zero-order chi connectivity index (χ0) is 42.9. The molecule has 2 saturated heterocycles. The normalized spacial score (nSPS) is 18.9. The number of nitrogens with zero attached hydrogens (tertiary/aromatic N) is 8. The lowest BCUT2D eigenvalue weighted by Gasteiger charge is -2.39. The maximum absolute atomic E-state index is 16.0. The molecule has 2 amide bonds. The van der Waals surface area contributed by atoms with Crippen molar-refractivity contribution < 1.29 is 37.4 Å². The van der Waals surface area contributed by atoms with E-state index >= 15 is 4.39 Å². The van der Waals surface area contributed by atoms with E-state index in [0.29, 0.717) is 74.6 Å². The lowest BCUT2D eigenvalue weighted by atomic mass is 9.73. The van der Waals surface area contributed by atoms with Crippen LogP contribution in [0, 0.1) is 12.7 Å². The molecule has 2 aliphatic heterocycles. The van der Waals surface area contributed by atoms with Crippen LogP contribution in [0.1, 0.15) is 90.4 Å². The van der Waals surface area contributed by atoms with Crippen molar-refractivity contribution >= 4 is 34.9 Å². The average molecular weight is 852 g/mol. The van der Waals surface area contributed by atoms with E-state index < -0.39 is 52.5 Å². The number of aromatic nitrogens is 6. The van der Waals surface area contributed by atoms with Crippen molar-refractivity contribution in [3.8, 4) is 17.1 Å². The van der Waals surface area contributed by atoms with Gasteiger partial charge in [0.05, 0.1) is 33.1 Å². The molecule has 2 aromatic carbocycles. The van der Waals surface area contributed by atoms with Crippen molar-refractivity contribution in [2.45, 2.75) is 89.1 Å². The maximum Gasteiger partial charge on any atom is 0.416 e. The molecule has 8 rings (SSSR count). The van der Waals surface area contributed by atoms with Gasteiger partial charge in [0.15, 0.2) is 17.3 Å². The third-order valence-corrected chi connectivity index (χ3v) is 12.5. The molecule has 0 bridgehead atoms. The summed E-state index contributed by atoms with van der Waals surface area (Å²) in [6, 6.07) is 7.24. The second-order valence-electron chi connectivity index (χ2n) is 16.5. The van der Waals surface area contributed by atoms with Crippen LogP contribution in [0.3, 0.4) is 0 Å². The predicted molar refractivity (Wildman–Crippen MR) is 211 cm³/mol. The standard InChI is InChI=1S/C41H42ClF4N9O5/c1-22-18-40(10-14-53(15-11-40)37(59)32-34(57)23(2)47-21-48-32)31-33(22)54(20-30(56)49-29-7-5-25(17-27(29)42)41(44,45)46)38-50-35(51-55(38)36(31)58)26-6-4-24(16-28(26)43)19-52-12-8-39(3,60)9-13-52/h4-7,16-17,21-22,57,60H,8-15,18-20H2,1-3H3,(H,49,56). The van der Waals surface area contributed by atoms with Gasteiger partial charge in [0.1, 0.15) is 18.7 Å². The first-order valence-electron chi connectivity index (χ1n) is 19.6. The van der Waals surface area contributed by atoms with Crippen molar-refractivity contribution in [2.24, 2.45) is 0 Å². The SMILES string of the molecule is Cc1ncnc(C(=O)N2CCC3(CC2)CC(C)c2c3c(=O)n3nc(-c4ccc(CN5CCC(C)(O)CC5)cc4F)nc3n2CC(=O)Nc2ccc(C(F)(F)F)cc2Cl)c1O. The van der Waals surface area contributed by atoms with E-state index in [1.54, 1.807) is 24.8 Å². The molecule has 5 heterocycles. The Hall–Kier alpha value is -5.46. The number of rotatable bonds is 7. The van der Waals surface area contributed by atoms with Crippen molar-refractivity contribution in [3.05, 3.63) is 97.7 Å². The number of hydrogen-bond donors (Lipinski definition) is 3. The topological polar surface area (TPSA) is 171 Å². The van der Waals surface area contributed by atoms with Crippen LogP contribution in [0.2, 0.25) is 5.02 Å². The van der Waals surface area contributed by atoms with Gasteiger partial charge in [-0.25, -0.2) is 14.4 Å². The summed E-state index contributed by atoms with van der Waals surface area (Å²) in [5, 5.41) is 27.6. The highest BCUT2D eigenvalue weighted by atomic mass is 35.5. The van der Waals surface area contributed by atoms with Gasteiger partial charge in [-0.3, -0.25) is 19.3 Å². The molecule has 316 valence electrons. The summed E-state index contributed by atoms with van der Waals surface area (Å²) in [7, 11) is 0. The average Bonchev–Trinajstić information content (AvgIpc) is 3.75. The number of aromatic hydroxyl groups is 1. The largest absolute Gasteiger partial charge is 0.504 e. The number of benzene rings is 2. The minimum absolute atomic E-state index is 0.0221. The fourth-order valence-corrected chi connectivity index (χ4v) is 9.15. The fraction of sp³-hybridized carbons (Fsp3) is 0.439. The summed E-state index contributed by atoms with van der Waals surface area (Å²) in [5.74, 6) is -2.56. The summed E-state index contributed by atoms with van der Waals surface area (Å²) in [6.07, 6.45) is -1.08. The molecule has 19 heteroatoms. The van der Waals surface area contributed by atoms with Crippen LogP contribution in [0.15, 0.2) is 47.5 Å². The van der Waals surface area contributed by atoms with Gasteiger partial charge in [0.2, 0.25) is 11.7 Å². The molecule has 60 heavy (non-hydrogen) atoms. The van der Waals surface area contributed by atoms with Crippen LogP contribution in [0.25, 0.3) is 17.2 Å². The molecule has 0 radical (unpaired) electrons. The Bertz CT molecular complexity index is 2590. The second-order valence-corrected chi connectivity index (χ2v) is 16.9. The van der Waals surface area contributed by atoms with E-state index in [0.717, 1.165) is 16.6 Å². The van der Waals surface area contributed by atoms with Crippen LogP contribution in [-0.4, -0.2) is 92.7 Å². The highest BCUT2D eigenvalue weighted by molar-refractivity contribution is 6.33. The van der Waals surface area contributed by atoms with E-state index in [9.17, 15) is 37.8 Å². The number of anilines is 1. The van der Waals surface area contributed by atoms with Gasteiger partial charge in [-0.15, -0.1) is 5.10 Å². The van der Waals surface area contributed by atoms with Gasteiger partial charge in [-0.1, -0.05) is 24.6 Å². The molecule has 14 nitrogen and oxygen atoms in total. The Kier molecular flexibility index (Phi) is 10.5. The number of aryl methyl sites for hydroxylation is 1. The maximum atomic E-state index is 16.0. The number of hydrogen-bond acceptors (Lipinski definition) is 10. The van der Waals surface area contributed by atoms with Gasteiger partial charge < -0.3 is 25.0 Å². The number of piperidine rings is 2. The Morgan fingerprint density at radius 3 is 2.42 bits per heavy atom. The summed E-state index contributed by atoms with van der Waals surface area (Å²) in [5.41, 5.74) is -1.33. The number of nitrogens with one attached hydrogen (secondary N) is 1. The zero-order valence-electron chi connectivity index (χ0n) is 33.0. The zero-order valence-corrected chi connectivity index (χ0v) is 33.7. The minimum Gasteiger partial charge on any atom is -0.504 e. The summed E-state index contributed by atoms with van der Waals surface area (Å²) in [4.78, 5) is 58.2. The van der Waals surface area contributed by atoms with Crippen molar-refractivity contribution in [1.29, 1.82) is 0 Å². The highest BCUT2D eigenvalue weighted by Crippen LogP contribution is 2.50. The van der Waals surface area contributed by atoms with Crippen LogP contribution in [-0.2, 0) is 29.5 Å². The Balaban J connectivity index is 1.15. The Morgan fingerprint density at radius 2 is 1.75 bits per heavy atom. The van der Waals surface area contributed by atoms with Gasteiger partial charge in [-0.05, 0) is 87.8 Å². The third kappa shape index (κ3) is 7.60. The van der Waals surface area contributed by atoms with Gasteiger partial charge in [0, 0.05) is 49.4 Å². The first-order valence-corrected chi connectivity index (χ1v) is 20.0. The molecule has 0 saturated carbocycles. The molecular formula is C41H42ClF4N9O5.